The summed E-state index contributed by atoms with van der Waals surface area (Å²) in [4.78, 5) is 2.65. The van der Waals surface area contributed by atoms with Gasteiger partial charge in [-0.05, 0) is 25.8 Å². The molecular weight excluding hydrogens is 188 g/mol. The molecule has 0 aromatic heterocycles. The molecule has 3 heteroatoms. The van der Waals surface area contributed by atoms with Crippen molar-refractivity contribution in [2.75, 3.05) is 33.4 Å². The van der Waals surface area contributed by atoms with Crippen molar-refractivity contribution in [1.29, 1.82) is 0 Å². The fraction of sp³-hybridized carbons (Fsp3) is 1.00. The fourth-order valence-electron chi connectivity index (χ4n) is 3.00. The van der Waals surface area contributed by atoms with E-state index in [1.165, 1.54) is 32.4 Å². The maximum absolute atomic E-state index is 5.48. The van der Waals surface area contributed by atoms with Gasteiger partial charge in [0.05, 0.1) is 6.61 Å². The number of rotatable bonds is 3. The Hall–Kier alpha value is -0.120. The maximum Gasteiger partial charge on any atom is 0.0622 e. The predicted molar refractivity (Wildman–Crippen MR) is 62.0 cm³/mol. The highest BCUT2D eigenvalue weighted by Gasteiger charge is 2.32. The van der Waals surface area contributed by atoms with Crippen LogP contribution in [-0.4, -0.2) is 50.3 Å². The normalized spacial score (nSPS) is 38.4. The molecule has 0 saturated carbocycles. The Kier molecular flexibility index (Phi) is 4.00. The number of piperidine rings is 1. The van der Waals surface area contributed by atoms with Crippen LogP contribution in [0.2, 0.25) is 0 Å². The van der Waals surface area contributed by atoms with Crippen molar-refractivity contribution in [2.45, 2.75) is 38.3 Å². The fourth-order valence-corrected chi connectivity index (χ4v) is 3.00. The van der Waals surface area contributed by atoms with Gasteiger partial charge in [-0.2, -0.15) is 0 Å². The summed E-state index contributed by atoms with van der Waals surface area (Å²) in [7, 11) is 2.10. The highest BCUT2D eigenvalue weighted by molar-refractivity contribution is 4.87. The molecule has 0 aromatic rings. The molecule has 88 valence electrons. The number of ether oxygens (including phenoxy) is 1. The standard InChI is InChI=1S/C12H24N2O/c1-3-10-8-14(6-4-12(10)13-2)11-5-7-15-9-11/h10-13H,3-9H2,1-2H3. The van der Waals surface area contributed by atoms with Gasteiger partial charge in [-0.3, -0.25) is 4.90 Å². The second-order valence-corrected chi connectivity index (χ2v) is 4.86. The van der Waals surface area contributed by atoms with Crippen molar-refractivity contribution >= 4 is 0 Å². The van der Waals surface area contributed by atoms with Gasteiger partial charge in [0.15, 0.2) is 0 Å². The Morgan fingerprint density at radius 3 is 2.87 bits per heavy atom. The second-order valence-electron chi connectivity index (χ2n) is 4.86. The molecule has 2 rings (SSSR count). The van der Waals surface area contributed by atoms with E-state index in [0.717, 1.165) is 25.2 Å². The Morgan fingerprint density at radius 2 is 2.27 bits per heavy atom. The molecule has 0 aromatic carbocycles. The van der Waals surface area contributed by atoms with Crippen LogP contribution in [0.1, 0.15) is 26.2 Å². The van der Waals surface area contributed by atoms with Gasteiger partial charge in [-0.1, -0.05) is 13.3 Å². The number of hydrogen-bond donors (Lipinski definition) is 1. The van der Waals surface area contributed by atoms with E-state index in [1.807, 2.05) is 0 Å². The van der Waals surface area contributed by atoms with E-state index in [2.05, 4.69) is 24.2 Å². The van der Waals surface area contributed by atoms with Crippen LogP contribution in [0.25, 0.3) is 0 Å². The zero-order valence-corrected chi connectivity index (χ0v) is 10.0. The quantitative estimate of drug-likeness (QED) is 0.758. The molecule has 2 fully saturated rings. The van der Waals surface area contributed by atoms with Crippen LogP contribution in [-0.2, 0) is 4.74 Å². The van der Waals surface area contributed by atoms with Gasteiger partial charge in [0.1, 0.15) is 0 Å². The lowest BCUT2D eigenvalue weighted by atomic mass is 9.89. The van der Waals surface area contributed by atoms with Gasteiger partial charge < -0.3 is 10.1 Å². The molecule has 2 saturated heterocycles. The third-order valence-electron chi connectivity index (χ3n) is 4.08. The van der Waals surface area contributed by atoms with Crippen LogP contribution < -0.4 is 5.32 Å². The molecule has 2 heterocycles. The summed E-state index contributed by atoms with van der Waals surface area (Å²) in [5, 5.41) is 3.46. The van der Waals surface area contributed by atoms with Gasteiger partial charge in [0.25, 0.3) is 0 Å². The molecule has 3 unspecified atom stereocenters. The zero-order valence-electron chi connectivity index (χ0n) is 10.0. The summed E-state index contributed by atoms with van der Waals surface area (Å²) in [5.74, 6) is 0.823. The topological polar surface area (TPSA) is 24.5 Å². The van der Waals surface area contributed by atoms with E-state index in [1.54, 1.807) is 0 Å². The average molecular weight is 212 g/mol. The molecule has 2 aliphatic rings. The van der Waals surface area contributed by atoms with Crippen molar-refractivity contribution in [3.8, 4) is 0 Å². The molecule has 0 aliphatic carbocycles. The first-order valence-electron chi connectivity index (χ1n) is 6.34. The molecule has 0 spiro atoms. The largest absolute Gasteiger partial charge is 0.380 e. The number of likely N-dealkylation sites (tertiary alicyclic amines) is 1. The summed E-state index contributed by atoms with van der Waals surface area (Å²) >= 11 is 0. The van der Waals surface area contributed by atoms with Crippen molar-refractivity contribution in [3.05, 3.63) is 0 Å². The first-order chi connectivity index (χ1) is 7.35. The molecule has 0 bridgehead atoms. The van der Waals surface area contributed by atoms with E-state index in [9.17, 15) is 0 Å². The highest BCUT2D eigenvalue weighted by atomic mass is 16.5. The molecule has 0 radical (unpaired) electrons. The summed E-state index contributed by atoms with van der Waals surface area (Å²) in [6, 6.07) is 1.44. The molecule has 0 amide bonds. The minimum absolute atomic E-state index is 0.705. The van der Waals surface area contributed by atoms with Crippen molar-refractivity contribution in [1.82, 2.24) is 10.2 Å². The van der Waals surface area contributed by atoms with E-state index < -0.39 is 0 Å². The summed E-state index contributed by atoms with van der Waals surface area (Å²) in [6.45, 7) is 6.74. The smallest absolute Gasteiger partial charge is 0.0622 e. The minimum atomic E-state index is 0.705. The number of nitrogens with one attached hydrogen (secondary N) is 1. The predicted octanol–water partition coefficient (Wildman–Crippen LogP) is 1.10. The minimum Gasteiger partial charge on any atom is -0.380 e. The van der Waals surface area contributed by atoms with E-state index in [0.29, 0.717) is 6.04 Å². The van der Waals surface area contributed by atoms with Crippen LogP contribution in [0.3, 0.4) is 0 Å². The average Bonchev–Trinajstić information content (AvgIpc) is 2.81. The third-order valence-corrected chi connectivity index (χ3v) is 4.08. The lowest BCUT2D eigenvalue weighted by molar-refractivity contribution is 0.0844. The van der Waals surface area contributed by atoms with E-state index in [4.69, 9.17) is 4.74 Å². The Morgan fingerprint density at radius 1 is 1.40 bits per heavy atom. The van der Waals surface area contributed by atoms with Crippen LogP contribution in [0.15, 0.2) is 0 Å². The molecule has 3 atom stereocenters. The first-order valence-corrected chi connectivity index (χ1v) is 6.34. The van der Waals surface area contributed by atoms with Crippen molar-refractivity contribution in [3.63, 3.8) is 0 Å². The first kappa shape index (κ1) is 11.4. The van der Waals surface area contributed by atoms with Crippen LogP contribution in [0.4, 0.5) is 0 Å². The monoisotopic (exact) mass is 212 g/mol. The Bertz CT molecular complexity index is 192. The van der Waals surface area contributed by atoms with Gasteiger partial charge >= 0.3 is 0 Å². The highest BCUT2D eigenvalue weighted by Crippen LogP contribution is 2.24. The molecule has 3 nitrogen and oxygen atoms in total. The Balaban J connectivity index is 1.88. The van der Waals surface area contributed by atoms with Crippen LogP contribution >= 0.6 is 0 Å². The second kappa shape index (κ2) is 5.28. The maximum atomic E-state index is 5.48. The number of hydrogen-bond acceptors (Lipinski definition) is 3. The lowest BCUT2D eigenvalue weighted by Crippen LogP contribution is -2.51. The lowest BCUT2D eigenvalue weighted by Gasteiger charge is -2.40. The summed E-state index contributed by atoms with van der Waals surface area (Å²) in [5.41, 5.74) is 0. The zero-order chi connectivity index (χ0) is 10.7. The molecule has 1 N–H and O–H groups in total. The van der Waals surface area contributed by atoms with Gasteiger partial charge in [0.2, 0.25) is 0 Å². The number of nitrogens with zero attached hydrogens (tertiary/aromatic N) is 1. The van der Waals surface area contributed by atoms with Gasteiger partial charge in [-0.15, -0.1) is 0 Å². The van der Waals surface area contributed by atoms with Gasteiger partial charge in [0, 0.05) is 31.8 Å². The van der Waals surface area contributed by atoms with Crippen LogP contribution in [0.5, 0.6) is 0 Å². The van der Waals surface area contributed by atoms with E-state index in [-0.39, 0.29) is 0 Å². The van der Waals surface area contributed by atoms with E-state index >= 15 is 0 Å². The molecule has 15 heavy (non-hydrogen) atoms. The SMILES string of the molecule is CCC1CN(C2CCOC2)CCC1NC. The van der Waals surface area contributed by atoms with Crippen LogP contribution in [0, 0.1) is 5.92 Å². The Labute approximate surface area is 93.2 Å². The molecular formula is C12H24N2O. The summed E-state index contributed by atoms with van der Waals surface area (Å²) in [6.07, 6.45) is 3.82. The summed E-state index contributed by atoms with van der Waals surface area (Å²) < 4.78 is 5.48. The van der Waals surface area contributed by atoms with Crippen molar-refractivity contribution < 1.29 is 4.74 Å². The molecule has 2 aliphatic heterocycles. The van der Waals surface area contributed by atoms with Gasteiger partial charge in [-0.25, -0.2) is 0 Å². The van der Waals surface area contributed by atoms with Crippen molar-refractivity contribution in [2.24, 2.45) is 5.92 Å². The third kappa shape index (κ3) is 2.52.